The van der Waals surface area contributed by atoms with Crippen LogP contribution in [-0.4, -0.2) is 30.3 Å². The number of nitrogens with zero attached hydrogens (tertiary/aromatic N) is 4. The molecule has 72 valence electrons. The summed E-state index contributed by atoms with van der Waals surface area (Å²) in [4.78, 5) is 12.1. The Morgan fingerprint density at radius 1 is 1.29 bits per heavy atom. The number of rotatable bonds is 2. The fraction of sp³-hybridized carbons (Fsp3) is 0.250. The van der Waals surface area contributed by atoms with Crippen LogP contribution in [0.15, 0.2) is 12.4 Å². The maximum Gasteiger partial charge on any atom is 0.219 e. The molecular formula is C8H9N5O. The third-order valence-corrected chi connectivity index (χ3v) is 1.66. The number of aromatic nitrogens is 5. The Labute approximate surface area is 80.1 Å². The van der Waals surface area contributed by atoms with Crippen LogP contribution in [0, 0.1) is 6.92 Å². The molecule has 0 saturated carbocycles. The molecular weight excluding hydrogens is 182 g/mol. The van der Waals surface area contributed by atoms with Crippen LogP contribution in [0.5, 0.6) is 0 Å². The number of aliphatic hydroxyl groups excluding tert-OH is 1. The molecule has 2 heterocycles. The van der Waals surface area contributed by atoms with Gasteiger partial charge < -0.3 is 5.11 Å². The highest BCUT2D eigenvalue weighted by molar-refractivity contribution is 5.41. The Bertz CT molecular complexity index is 422. The molecule has 2 N–H and O–H groups in total. The second-order valence-electron chi connectivity index (χ2n) is 2.85. The van der Waals surface area contributed by atoms with E-state index in [-0.39, 0.29) is 6.61 Å². The maximum atomic E-state index is 8.77. The van der Waals surface area contributed by atoms with Crippen molar-refractivity contribution in [2.24, 2.45) is 0 Å². The lowest BCUT2D eigenvalue weighted by atomic mass is 10.4. The molecule has 0 aromatic carbocycles. The molecule has 0 fully saturated rings. The summed E-state index contributed by atoms with van der Waals surface area (Å²) in [6.45, 7) is 1.74. The zero-order valence-corrected chi connectivity index (χ0v) is 7.60. The number of H-pyrrole nitrogens is 1. The lowest BCUT2D eigenvalue weighted by Crippen LogP contribution is -1.91. The van der Waals surface area contributed by atoms with Crippen LogP contribution in [0.1, 0.15) is 11.4 Å². The van der Waals surface area contributed by atoms with Gasteiger partial charge in [0.2, 0.25) is 5.82 Å². The molecule has 0 unspecified atom stereocenters. The van der Waals surface area contributed by atoms with Crippen LogP contribution in [0.2, 0.25) is 0 Å². The summed E-state index contributed by atoms with van der Waals surface area (Å²) >= 11 is 0. The SMILES string of the molecule is Cc1cnc(-c2n[nH]c(CO)n2)nc1. The predicted molar refractivity (Wildman–Crippen MR) is 48.1 cm³/mol. The summed E-state index contributed by atoms with van der Waals surface area (Å²) in [7, 11) is 0. The topological polar surface area (TPSA) is 87.6 Å². The Balaban J connectivity index is 2.34. The summed E-state index contributed by atoms with van der Waals surface area (Å²) in [6, 6.07) is 0. The van der Waals surface area contributed by atoms with E-state index in [4.69, 9.17) is 5.11 Å². The highest BCUT2D eigenvalue weighted by Crippen LogP contribution is 2.07. The summed E-state index contributed by atoms with van der Waals surface area (Å²) in [5, 5.41) is 15.2. The summed E-state index contributed by atoms with van der Waals surface area (Å²) in [5.41, 5.74) is 0.978. The van der Waals surface area contributed by atoms with Crippen molar-refractivity contribution < 1.29 is 5.11 Å². The van der Waals surface area contributed by atoms with Gasteiger partial charge in [0, 0.05) is 12.4 Å². The van der Waals surface area contributed by atoms with Gasteiger partial charge in [-0.1, -0.05) is 0 Å². The number of hydrogen-bond acceptors (Lipinski definition) is 5. The van der Waals surface area contributed by atoms with Gasteiger partial charge >= 0.3 is 0 Å². The zero-order chi connectivity index (χ0) is 9.97. The van der Waals surface area contributed by atoms with Gasteiger partial charge in [-0.05, 0) is 12.5 Å². The van der Waals surface area contributed by atoms with Crippen LogP contribution in [-0.2, 0) is 6.61 Å². The minimum absolute atomic E-state index is 0.168. The average Bonchev–Trinajstić information content (AvgIpc) is 2.67. The van der Waals surface area contributed by atoms with E-state index in [1.807, 2.05) is 6.92 Å². The first-order valence-electron chi connectivity index (χ1n) is 4.11. The van der Waals surface area contributed by atoms with Gasteiger partial charge in [-0.15, -0.1) is 5.10 Å². The molecule has 0 aliphatic heterocycles. The van der Waals surface area contributed by atoms with E-state index in [1.165, 1.54) is 0 Å². The molecule has 2 aromatic rings. The molecule has 14 heavy (non-hydrogen) atoms. The van der Waals surface area contributed by atoms with Gasteiger partial charge in [-0.2, -0.15) is 0 Å². The van der Waals surface area contributed by atoms with Crippen molar-refractivity contribution in [3.8, 4) is 11.6 Å². The van der Waals surface area contributed by atoms with Crippen molar-refractivity contribution >= 4 is 0 Å². The molecule has 0 aliphatic rings. The van der Waals surface area contributed by atoms with Gasteiger partial charge in [-0.3, -0.25) is 5.10 Å². The molecule has 6 nitrogen and oxygen atoms in total. The van der Waals surface area contributed by atoms with Crippen LogP contribution >= 0.6 is 0 Å². The van der Waals surface area contributed by atoms with Crippen LogP contribution in [0.3, 0.4) is 0 Å². The number of aryl methyl sites for hydroxylation is 1. The predicted octanol–water partition coefficient (Wildman–Crippen LogP) is 0.0624. The van der Waals surface area contributed by atoms with Gasteiger partial charge in [0.15, 0.2) is 11.6 Å². The monoisotopic (exact) mass is 191 g/mol. The second-order valence-corrected chi connectivity index (χ2v) is 2.85. The van der Waals surface area contributed by atoms with Gasteiger partial charge in [-0.25, -0.2) is 15.0 Å². The molecule has 0 atom stereocenters. The van der Waals surface area contributed by atoms with Crippen molar-refractivity contribution in [2.75, 3.05) is 0 Å². The first-order valence-corrected chi connectivity index (χ1v) is 4.11. The van der Waals surface area contributed by atoms with E-state index >= 15 is 0 Å². The largest absolute Gasteiger partial charge is 0.388 e. The normalized spacial score (nSPS) is 10.4. The van der Waals surface area contributed by atoms with Crippen LogP contribution in [0.4, 0.5) is 0 Å². The van der Waals surface area contributed by atoms with Crippen molar-refractivity contribution in [1.29, 1.82) is 0 Å². The molecule has 0 radical (unpaired) electrons. The van der Waals surface area contributed by atoms with Crippen molar-refractivity contribution in [3.05, 3.63) is 23.8 Å². The number of aromatic amines is 1. The van der Waals surface area contributed by atoms with Gasteiger partial charge in [0.1, 0.15) is 6.61 Å². The summed E-state index contributed by atoms with van der Waals surface area (Å²) in [6.07, 6.45) is 3.38. The first kappa shape index (κ1) is 8.76. The number of hydrogen-bond donors (Lipinski definition) is 2. The molecule has 0 aliphatic carbocycles. The summed E-state index contributed by atoms with van der Waals surface area (Å²) in [5.74, 6) is 1.25. The second kappa shape index (κ2) is 3.51. The number of nitrogens with one attached hydrogen (secondary N) is 1. The lowest BCUT2D eigenvalue weighted by Gasteiger charge is -1.92. The van der Waals surface area contributed by atoms with E-state index < -0.39 is 0 Å². The van der Waals surface area contributed by atoms with Crippen LogP contribution < -0.4 is 0 Å². The highest BCUT2D eigenvalue weighted by atomic mass is 16.3. The fourth-order valence-electron chi connectivity index (χ4n) is 0.974. The highest BCUT2D eigenvalue weighted by Gasteiger charge is 2.06. The van der Waals surface area contributed by atoms with E-state index in [0.29, 0.717) is 17.5 Å². The molecule has 0 saturated heterocycles. The van der Waals surface area contributed by atoms with Crippen LogP contribution in [0.25, 0.3) is 11.6 Å². The van der Waals surface area contributed by atoms with E-state index in [0.717, 1.165) is 5.56 Å². The van der Waals surface area contributed by atoms with Crippen molar-refractivity contribution in [2.45, 2.75) is 13.5 Å². The average molecular weight is 191 g/mol. The van der Waals surface area contributed by atoms with E-state index in [1.54, 1.807) is 12.4 Å². The molecule has 2 aromatic heterocycles. The molecule has 6 heteroatoms. The minimum atomic E-state index is -0.168. The Hall–Kier alpha value is -1.82. The summed E-state index contributed by atoms with van der Waals surface area (Å²) < 4.78 is 0. The third kappa shape index (κ3) is 1.60. The maximum absolute atomic E-state index is 8.77. The molecule has 0 bridgehead atoms. The Morgan fingerprint density at radius 2 is 2.00 bits per heavy atom. The molecule has 0 spiro atoms. The van der Waals surface area contributed by atoms with E-state index in [9.17, 15) is 0 Å². The van der Waals surface area contributed by atoms with Gasteiger partial charge in [0.25, 0.3) is 0 Å². The number of aliphatic hydroxyl groups is 1. The van der Waals surface area contributed by atoms with Crippen molar-refractivity contribution in [1.82, 2.24) is 25.1 Å². The standard InChI is InChI=1S/C8H9N5O/c1-5-2-9-7(10-3-5)8-11-6(4-14)12-13-8/h2-3,14H,4H2,1H3,(H,11,12,13). The molecule has 0 amide bonds. The Kier molecular flexibility index (Phi) is 2.19. The van der Waals surface area contributed by atoms with E-state index in [2.05, 4.69) is 25.1 Å². The van der Waals surface area contributed by atoms with Crippen molar-refractivity contribution in [3.63, 3.8) is 0 Å². The lowest BCUT2D eigenvalue weighted by molar-refractivity contribution is 0.272. The quantitative estimate of drug-likeness (QED) is 0.700. The smallest absolute Gasteiger partial charge is 0.219 e. The fourth-order valence-corrected chi connectivity index (χ4v) is 0.974. The minimum Gasteiger partial charge on any atom is -0.388 e. The third-order valence-electron chi connectivity index (χ3n) is 1.66. The Morgan fingerprint density at radius 3 is 2.57 bits per heavy atom. The molecule has 2 rings (SSSR count). The first-order chi connectivity index (χ1) is 6.79. The zero-order valence-electron chi connectivity index (χ0n) is 7.60. The van der Waals surface area contributed by atoms with Gasteiger partial charge in [0.05, 0.1) is 0 Å².